The fourth-order valence-corrected chi connectivity index (χ4v) is 7.56. The molecule has 12 heteroatoms. The molecular weight excluding hydrogens is 576 g/mol. The van der Waals surface area contributed by atoms with E-state index in [1.165, 1.54) is 14.0 Å². The predicted molar refractivity (Wildman–Crippen MR) is 171 cm³/mol. The molecule has 2 bridgehead atoms. The lowest BCUT2D eigenvalue weighted by Crippen LogP contribution is -2.54. The van der Waals surface area contributed by atoms with Gasteiger partial charge in [-0.1, -0.05) is 18.2 Å². The molecule has 0 aliphatic carbocycles. The van der Waals surface area contributed by atoms with Crippen molar-refractivity contribution in [1.29, 1.82) is 0 Å². The number of hydrogen-bond donors (Lipinski definition) is 3. The topological polar surface area (TPSA) is 136 Å². The Morgan fingerprint density at radius 1 is 1.07 bits per heavy atom. The van der Waals surface area contributed by atoms with Crippen LogP contribution in [0.4, 0.5) is 4.79 Å². The number of aliphatic hydroxyl groups excluding tert-OH is 1. The largest absolute Gasteiger partial charge is 0.453 e. The number of benzene rings is 1. The van der Waals surface area contributed by atoms with Crippen molar-refractivity contribution in [2.75, 3.05) is 46.4 Å². The molecule has 1 aromatic heterocycles. The Labute approximate surface area is 264 Å². The molecule has 12 nitrogen and oxygen atoms in total. The van der Waals surface area contributed by atoms with E-state index in [0.717, 1.165) is 56.1 Å². The molecule has 4 heterocycles. The van der Waals surface area contributed by atoms with Gasteiger partial charge in [0.05, 0.1) is 25.3 Å². The molecule has 3 amide bonds. The molecule has 3 saturated heterocycles. The van der Waals surface area contributed by atoms with Gasteiger partial charge < -0.3 is 29.9 Å². The third kappa shape index (κ3) is 7.67. The number of hydrogen-bond acceptors (Lipinski definition) is 8. The van der Waals surface area contributed by atoms with Crippen LogP contribution in [-0.2, 0) is 9.53 Å². The number of ether oxygens (including phenoxy) is 1. The summed E-state index contributed by atoms with van der Waals surface area (Å²) in [6.07, 6.45) is 3.09. The normalized spacial score (nSPS) is 24.1. The van der Waals surface area contributed by atoms with Gasteiger partial charge in [0.2, 0.25) is 5.91 Å². The minimum Gasteiger partial charge on any atom is -0.453 e. The molecule has 5 atom stereocenters. The number of amides is 3. The van der Waals surface area contributed by atoms with Crippen LogP contribution in [0.5, 0.6) is 0 Å². The summed E-state index contributed by atoms with van der Waals surface area (Å²) in [6, 6.07) is 9.71. The molecule has 45 heavy (non-hydrogen) atoms. The molecule has 0 radical (unpaired) electrons. The number of piperidine rings is 1. The van der Waals surface area contributed by atoms with Gasteiger partial charge in [-0.15, -0.1) is 0 Å². The van der Waals surface area contributed by atoms with E-state index >= 15 is 0 Å². The highest BCUT2D eigenvalue weighted by Crippen LogP contribution is 2.36. The second-order valence-corrected chi connectivity index (χ2v) is 13.2. The zero-order valence-electron chi connectivity index (χ0n) is 26.9. The van der Waals surface area contributed by atoms with E-state index in [4.69, 9.17) is 4.74 Å². The Bertz CT molecular complexity index is 1430. The molecule has 3 aliphatic heterocycles. The summed E-state index contributed by atoms with van der Waals surface area (Å²) < 4.78 is 6.69. The lowest BCUT2D eigenvalue weighted by atomic mass is 9.96. The molecule has 5 rings (SSSR count). The van der Waals surface area contributed by atoms with Crippen molar-refractivity contribution in [3.8, 4) is 0 Å². The van der Waals surface area contributed by atoms with Gasteiger partial charge in [-0.25, -0.2) is 4.79 Å². The van der Waals surface area contributed by atoms with Gasteiger partial charge in [0.25, 0.3) is 11.5 Å². The Kier molecular flexibility index (Phi) is 10.5. The van der Waals surface area contributed by atoms with Crippen LogP contribution in [0.3, 0.4) is 0 Å². The van der Waals surface area contributed by atoms with Crippen molar-refractivity contribution in [3.63, 3.8) is 0 Å². The number of likely N-dealkylation sites (tertiary alicyclic amines) is 1. The number of aliphatic hydroxyl groups is 1. The number of nitrogens with zero attached hydrogens (tertiary/aromatic N) is 4. The van der Waals surface area contributed by atoms with Crippen molar-refractivity contribution >= 4 is 28.8 Å². The monoisotopic (exact) mass is 624 g/mol. The van der Waals surface area contributed by atoms with Gasteiger partial charge >= 0.3 is 6.09 Å². The Hall–Kier alpha value is -3.48. The first-order valence-electron chi connectivity index (χ1n) is 16.2. The smallest absolute Gasteiger partial charge is 0.409 e. The number of aromatic nitrogens is 1. The van der Waals surface area contributed by atoms with Gasteiger partial charge in [-0.05, 0) is 63.5 Å². The summed E-state index contributed by atoms with van der Waals surface area (Å²) in [7, 11) is 1.35. The maximum absolute atomic E-state index is 13.4. The van der Waals surface area contributed by atoms with Gasteiger partial charge in [0, 0.05) is 69.9 Å². The van der Waals surface area contributed by atoms with Crippen LogP contribution in [0.2, 0.25) is 0 Å². The van der Waals surface area contributed by atoms with Crippen molar-refractivity contribution in [3.05, 3.63) is 46.2 Å². The maximum atomic E-state index is 13.4. The van der Waals surface area contributed by atoms with E-state index in [9.17, 15) is 24.3 Å². The van der Waals surface area contributed by atoms with Crippen molar-refractivity contribution in [2.45, 2.75) is 89.2 Å². The molecule has 2 aromatic rings. The Balaban J connectivity index is 1.16. The molecule has 3 N–H and O–H groups in total. The first-order chi connectivity index (χ1) is 21.5. The van der Waals surface area contributed by atoms with Crippen LogP contribution in [-0.4, -0.2) is 119 Å². The second-order valence-electron chi connectivity index (χ2n) is 13.2. The number of methoxy groups -OCH3 is 1. The summed E-state index contributed by atoms with van der Waals surface area (Å²) in [4.78, 5) is 56.8. The van der Waals surface area contributed by atoms with Gasteiger partial charge in [-0.2, -0.15) is 0 Å². The number of carbonyl (C=O) groups is 3. The van der Waals surface area contributed by atoms with Crippen molar-refractivity contribution in [1.82, 2.24) is 29.9 Å². The highest BCUT2D eigenvalue weighted by molar-refractivity contribution is 5.97. The predicted octanol–water partition coefficient (Wildman–Crippen LogP) is 1.95. The molecular formula is C33H48N6O6. The zero-order chi connectivity index (χ0) is 32.2. The van der Waals surface area contributed by atoms with Crippen LogP contribution >= 0.6 is 0 Å². The molecule has 3 fully saturated rings. The fourth-order valence-electron chi connectivity index (χ4n) is 7.56. The Morgan fingerprint density at radius 2 is 1.78 bits per heavy atom. The van der Waals surface area contributed by atoms with Gasteiger partial charge in [0.1, 0.15) is 5.56 Å². The van der Waals surface area contributed by atoms with Gasteiger partial charge in [-0.3, -0.25) is 24.2 Å². The van der Waals surface area contributed by atoms with Crippen molar-refractivity contribution in [2.24, 2.45) is 0 Å². The molecule has 246 valence electrons. The molecule has 1 aromatic carbocycles. The molecule has 0 spiro atoms. The molecule has 3 unspecified atom stereocenters. The number of carbonyl (C=O) groups excluding carboxylic acids is 3. The summed E-state index contributed by atoms with van der Waals surface area (Å²) in [6.45, 7) is 8.63. The van der Waals surface area contributed by atoms with Crippen LogP contribution in [0.25, 0.3) is 10.9 Å². The SMILES string of the molecule is COC(=O)N(CCN1CCC(NC(C)=O)C1)CC(O)CN1[C@@H]2CC[C@H]1CC(NC(=O)c1cc3ccccc3n(C(C)C)c1=O)C2. The highest BCUT2D eigenvalue weighted by atomic mass is 16.5. The van der Waals surface area contributed by atoms with E-state index in [1.807, 2.05) is 38.1 Å². The summed E-state index contributed by atoms with van der Waals surface area (Å²) in [5.41, 5.74) is 0.698. The zero-order valence-corrected chi connectivity index (χ0v) is 26.9. The minimum absolute atomic E-state index is 0.0395. The quantitative estimate of drug-likeness (QED) is 0.345. The van der Waals surface area contributed by atoms with E-state index in [1.54, 1.807) is 15.5 Å². The van der Waals surface area contributed by atoms with E-state index in [-0.39, 0.29) is 59.7 Å². The molecule has 3 aliphatic rings. The van der Waals surface area contributed by atoms with E-state index in [0.29, 0.717) is 19.6 Å². The van der Waals surface area contributed by atoms with Gasteiger partial charge in [0.15, 0.2) is 0 Å². The summed E-state index contributed by atoms with van der Waals surface area (Å²) >= 11 is 0. The number of rotatable bonds is 11. The summed E-state index contributed by atoms with van der Waals surface area (Å²) in [5.74, 6) is -0.379. The van der Waals surface area contributed by atoms with E-state index < -0.39 is 12.2 Å². The number of pyridine rings is 1. The third-order valence-corrected chi connectivity index (χ3v) is 9.58. The minimum atomic E-state index is -0.754. The first kappa shape index (κ1) is 32.9. The van der Waals surface area contributed by atoms with Crippen molar-refractivity contribution < 1.29 is 24.2 Å². The average Bonchev–Trinajstić information content (AvgIpc) is 3.52. The van der Waals surface area contributed by atoms with Crippen LogP contribution < -0.4 is 16.2 Å². The third-order valence-electron chi connectivity index (χ3n) is 9.58. The van der Waals surface area contributed by atoms with Crippen LogP contribution in [0.15, 0.2) is 35.1 Å². The lowest BCUT2D eigenvalue weighted by molar-refractivity contribution is -0.119. The lowest BCUT2D eigenvalue weighted by Gasteiger charge is -2.40. The van der Waals surface area contributed by atoms with Crippen LogP contribution in [0, 0.1) is 0 Å². The second kappa shape index (κ2) is 14.3. The van der Waals surface area contributed by atoms with Crippen LogP contribution in [0.1, 0.15) is 69.3 Å². The first-order valence-corrected chi connectivity index (χ1v) is 16.2. The molecule has 0 saturated carbocycles. The Morgan fingerprint density at radius 3 is 2.44 bits per heavy atom. The number of para-hydroxylation sites is 1. The average molecular weight is 625 g/mol. The number of nitrogens with one attached hydrogen (secondary N) is 2. The fraction of sp³-hybridized carbons (Fsp3) is 0.636. The maximum Gasteiger partial charge on any atom is 0.409 e. The summed E-state index contributed by atoms with van der Waals surface area (Å²) in [5, 5.41) is 18.1. The highest BCUT2D eigenvalue weighted by Gasteiger charge is 2.42. The number of fused-ring (bicyclic) bond motifs is 3. The standard InChI is InChI=1S/C33H48N6O6/c1-21(2)39-30-8-6-5-7-23(30)15-29(32(39)43)31(42)35-25-16-26-9-10-27(17-25)38(26)20-28(41)19-37(33(44)45-4)14-13-36-12-11-24(18-36)34-22(3)40/h5-8,15,21,24-28,41H,9-14,16-20H2,1-4H3,(H,34,40)(H,35,42)/t24?,25?,26-,27+,28?. The van der Waals surface area contributed by atoms with E-state index in [2.05, 4.69) is 20.4 Å².